The number of amides is 3. The van der Waals surface area contributed by atoms with Gasteiger partial charge >= 0.3 is 0 Å². The number of aromatic nitrogens is 1. The summed E-state index contributed by atoms with van der Waals surface area (Å²) in [5.74, 6) is -1.55. The highest BCUT2D eigenvalue weighted by Gasteiger charge is 2.29. The zero-order valence-corrected chi connectivity index (χ0v) is 10.6. The topological polar surface area (TPSA) is 123 Å². The van der Waals surface area contributed by atoms with Crippen LogP contribution in [-0.4, -0.2) is 33.3 Å². The number of nitrogens with one attached hydrogen (secondary N) is 2. The first-order chi connectivity index (χ1) is 9.38. The lowest BCUT2D eigenvalue weighted by Crippen LogP contribution is -2.52. The van der Waals surface area contributed by atoms with E-state index in [9.17, 15) is 24.5 Å². The Morgan fingerprint density at radius 1 is 1.55 bits per heavy atom. The van der Waals surface area contributed by atoms with E-state index in [0.717, 1.165) is 6.07 Å². The van der Waals surface area contributed by atoms with Crippen LogP contribution in [0.25, 0.3) is 0 Å². The molecule has 2 N–H and O–H groups in total. The second kappa shape index (κ2) is 5.11. The number of piperidine rings is 1. The summed E-state index contributed by atoms with van der Waals surface area (Å²) in [5.41, 5.74) is -0.137. The number of carbonyl (C=O) groups excluding carboxylic acids is 3. The van der Waals surface area contributed by atoms with Crippen LogP contribution in [0.5, 0.6) is 0 Å². The molecular formula is C11H12N4O5. The molecule has 1 aliphatic rings. The summed E-state index contributed by atoms with van der Waals surface area (Å²) in [6, 6.07) is 0.315. The van der Waals surface area contributed by atoms with E-state index in [1.165, 1.54) is 17.8 Å². The van der Waals surface area contributed by atoms with E-state index < -0.39 is 22.8 Å². The lowest BCUT2D eigenvalue weighted by atomic mass is 10.1. The molecule has 20 heavy (non-hydrogen) atoms. The van der Waals surface area contributed by atoms with Gasteiger partial charge in [-0.25, -0.2) is 0 Å². The maximum atomic E-state index is 12.0. The Balaban J connectivity index is 2.10. The van der Waals surface area contributed by atoms with Crippen LogP contribution in [0.4, 0.5) is 5.69 Å². The molecular weight excluding hydrogens is 268 g/mol. The van der Waals surface area contributed by atoms with Crippen LogP contribution in [0, 0.1) is 10.1 Å². The van der Waals surface area contributed by atoms with Gasteiger partial charge in [0.15, 0.2) is 0 Å². The molecule has 2 rings (SSSR count). The summed E-state index contributed by atoms with van der Waals surface area (Å²) in [5, 5.41) is 15.2. The van der Waals surface area contributed by atoms with Crippen LogP contribution in [0.3, 0.4) is 0 Å². The molecule has 3 amide bonds. The van der Waals surface area contributed by atoms with Crippen molar-refractivity contribution in [2.24, 2.45) is 7.05 Å². The van der Waals surface area contributed by atoms with Crippen LogP contribution in [-0.2, 0) is 16.6 Å². The molecule has 0 bridgehead atoms. The third-order valence-electron chi connectivity index (χ3n) is 2.98. The number of nitrogens with zero attached hydrogens (tertiary/aromatic N) is 2. The first-order valence-corrected chi connectivity index (χ1v) is 5.84. The van der Waals surface area contributed by atoms with Crippen molar-refractivity contribution < 1.29 is 19.3 Å². The Morgan fingerprint density at radius 2 is 2.25 bits per heavy atom. The third kappa shape index (κ3) is 2.66. The molecule has 0 spiro atoms. The SMILES string of the molecule is Cn1cc([N+](=O)[O-])cc1C(=O)NC1CCC(=O)NC1=O. The summed E-state index contributed by atoms with van der Waals surface area (Å²) in [6.07, 6.45) is 1.56. The molecule has 0 saturated carbocycles. The second-order valence-corrected chi connectivity index (χ2v) is 4.43. The van der Waals surface area contributed by atoms with Gasteiger partial charge in [0.1, 0.15) is 11.7 Å². The average Bonchev–Trinajstić information content (AvgIpc) is 2.75. The van der Waals surface area contributed by atoms with Gasteiger partial charge in [-0.05, 0) is 6.42 Å². The van der Waals surface area contributed by atoms with E-state index in [2.05, 4.69) is 10.6 Å². The van der Waals surface area contributed by atoms with Crippen molar-refractivity contribution in [3.63, 3.8) is 0 Å². The highest BCUT2D eigenvalue weighted by Crippen LogP contribution is 2.15. The van der Waals surface area contributed by atoms with E-state index in [0.29, 0.717) is 0 Å². The maximum absolute atomic E-state index is 12.0. The van der Waals surface area contributed by atoms with Gasteiger partial charge in [-0.2, -0.15) is 0 Å². The van der Waals surface area contributed by atoms with E-state index in [1.807, 2.05) is 0 Å². The molecule has 106 valence electrons. The van der Waals surface area contributed by atoms with Crippen molar-refractivity contribution in [1.29, 1.82) is 0 Å². The molecule has 1 atom stereocenters. The van der Waals surface area contributed by atoms with Gasteiger partial charge in [0.05, 0.1) is 11.1 Å². The van der Waals surface area contributed by atoms with Crippen molar-refractivity contribution in [2.75, 3.05) is 0 Å². The quantitative estimate of drug-likeness (QED) is 0.437. The minimum Gasteiger partial charge on any atom is -0.340 e. The summed E-state index contributed by atoms with van der Waals surface area (Å²) in [6.45, 7) is 0. The highest BCUT2D eigenvalue weighted by atomic mass is 16.6. The van der Waals surface area contributed by atoms with E-state index in [-0.39, 0.29) is 30.1 Å². The smallest absolute Gasteiger partial charge is 0.287 e. The van der Waals surface area contributed by atoms with E-state index in [1.54, 1.807) is 0 Å². The van der Waals surface area contributed by atoms with Crippen LogP contribution in [0.1, 0.15) is 23.3 Å². The van der Waals surface area contributed by atoms with Crippen LogP contribution in [0.2, 0.25) is 0 Å². The molecule has 1 unspecified atom stereocenters. The molecule has 0 aliphatic carbocycles. The van der Waals surface area contributed by atoms with Gasteiger partial charge in [0.2, 0.25) is 11.8 Å². The predicted octanol–water partition coefficient (Wildman–Crippen LogP) is -0.532. The molecule has 0 aromatic carbocycles. The number of imide groups is 1. The largest absolute Gasteiger partial charge is 0.340 e. The Morgan fingerprint density at radius 3 is 2.80 bits per heavy atom. The minimum atomic E-state index is -0.811. The van der Waals surface area contributed by atoms with Crippen molar-refractivity contribution in [2.45, 2.75) is 18.9 Å². The molecule has 9 nitrogen and oxygen atoms in total. The summed E-state index contributed by atoms with van der Waals surface area (Å²) in [7, 11) is 1.49. The minimum absolute atomic E-state index is 0.0707. The molecule has 1 fully saturated rings. The predicted molar refractivity (Wildman–Crippen MR) is 65.7 cm³/mol. The summed E-state index contributed by atoms with van der Waals surface area (Å²) >= 11 is 0. The number of hydrogen-bond acceptors (Lipinski definition) is 5. The Kier molecular flexibility index (Phi) is 3.51. The standard InChI is InChI=1S/C11H12N4O5/c1-14-5-6(15(19)20)4-8(14)11(18)12-7-2-3-9(16)13-10(7)17/h4-5,7H,2-3H2,1H3,(H,12,18)(H,13,16,17). The lowest BCUT2D eigenvalue weighted by molar-refractivity contribution is -0.384. The highest BCUT2D eigenvalue weighted by molar-refractivity contribution is 6.03. The fourth-order valence-corrected chi connectivity index (χ4v) is 1.94. The van der Waals surface area contributed by atoms with E-state index >= 15 is 0 Å². The number of hydrogen-bond donors (Lipinski definition) is 2. The maximum Gasteiger partial charge on any atom is 0.287 e. The molecule has 1 aromatic rings. The number of aryl methyl sites for hydroxylation is 1. The summed E-state index contributed by atoms with van der Waals surface area (Å²) < 4.78 is 1.30. The molecule has 1 saturated heterocycles. The third-order valence-corrected chi connectivity index (χ3v) is 2.98. The molecule has 1 aliphatic heterocycles. The van der Waals surface area contributed by atoms with Gasteiger partial charge in [0.25, 0.3) is 11.6 Å². The Hall–Kier alpha value is -2.71. The average molecular weight is 280 g/mol. The fraction of sp³-hybridized carbons (Fsp3) is 0.364. The van der Waals surface area contributed by atoms with Gasteiger partial charge in [0, 0.05) is 19.5 Å². The monoisotopic (exact) mass is 280 g/mol. The normalized spacial score (nSPS) is 18.6. The first-order valence-electron chi connectivity index (χ1n) is 5.84. The molecule has 1 aromatic heterocycles. The van der Waals surface area contributed by atoms with Crippen LogP contribution < -0.4 is 10.6 Å². The van der Waals surface area contributed by atoms with Gasteiger partial charge in [-0.1, -0.05) is 0 Å². The number of rotatable bonds is 3. The second-order valence-electron chi connectivity index (χ2n) is 4.43. The van der Waals surface area contributed by atoms with Gasteiger partial charge in [-0.3, -0.25) is 29.8 Å². The van der Waals surface area contributed by atoms with Crippen molar-refractivity contribution >= 4 is 23.4 Å². The van der Waals surface area contributed by atoms with Crippen LogP contribution >= 0.6 is 0 Å². The zero-order chi connectivity index (χ0) is 14.9. The van der Waals surface area contributed by atoms with Gasteiger partial charge in [-0.15, -0.1) is 0 Å². The van der Waals surface area contributed by atoms with Crippen molar-refractivity contribution in [3.8, 4) is 0 Å². The molecule has 9 heteroatoms. The molecule has 2 heterocycles. The fourth-order valence-electron chi connectivity index (χ4n) is 1.94. The first kappa shape index (κ1) is 13.7. The van der Waals surface area contributed by atoms with E-state index in [4.69, 9.17) is 0 Å². The van der Waals surface area contributed by atoms with Gasteiger partial charge < -0.3 is 9.88 Å². The summed E-state index contributed by atoms with van der Waals surface area (Å²) in [4.78, 5) is 44.5. The number of nitro groups is 1. The van der Waals surface area contributed by atoms with Crippen LogP contribution in [0.15, 0.2) is 12.3 Å². The van der Waals surface area contributed by atoms with Crippen molar-refractivity contribution in [3.05, 3.63) is 28.1 Å². The van der Waals surface area contributed by atoms with Crippen molar-refractivity contribution in [1.82, 2.24) is 15.2 Å². The number of carbonyl (C=O) groups is 3. The molecule has 0 radical (unpaired) electrons. The Labute approximate surface area is 113 Å². The lowest BCUT2D eigenvalue weighted by Gasteiger charge is -2.21. The zero-order valence-electron chi connectivity index (χ0n) is 10.6. The Bertz CT molecular complexity index is 606.